The minimum Gasteiger partial charge on any atom is -0.489 e. The summed E-state index contributed by atoms with van der Waals surface area (Å²) in [4.78, 5) is 0. The van der Waals surface area contributed by atoms with Crippen LogP contribution in [0.4, 0.5) is 0 Å². The third kappa shape index (κ3) is 1.39. The molecule has 0 unspecified atom stereocenters. The lowest BCUT2D eigenvalue weighted by Crippen LogP contribution is -2.12. The molecule has 0 aromatic heterocycles. The van der Waals surface area contributed by atoms with Crippen LogP contribution in [0.1, 0.15) is 22.7 Å². The molecule has 16 heavy (non-hydrogen) atoms. The molecule has 0 radical (unpaired) electrons. The number of fused-ring (bicyclic) bond motifs is 2. The van der Waals surface area contributed by atoms with Gasteiger partial charge >= 0.3 is 0 Å². The van der Waals surface area contributed by atoms with Gasteiger partial charge in [0, 0.05) is 5.56 Å². The Morgan fingerprint density at radius 3 is 2.50 bits per heavy atom. The van der Waals surface area contributed by atoms with Crippen molar-refractivity contribution in [1.29, 1.82) is 0 Å². The van der Waals surface area contributed by atoms with Gasteiger partial charge in [-0.2, -0.15) is 0 Å². The van der Waals surface area contributed by atoms with Crippen molar-refractivity contribution in [3.63, 3.8) is 0 Å². The first-order chi connectivity index (χ1) is 7.86. The van der Waals surface area contributed by atoms with E-state index < -0.39 is 0 Å². The minimum atomic E-state index is -0.0881. The predicted molar refractivity (Wildman–Crippen MR) is 63.2 cm³/mol. The molecule has 0 amide bonds. The minimum absolute atomic E-state index is 0.0881. The molecule has 2 nitrogen and oxygen atoms in total. The van der Waals surface area contributed by atoms with Crippen LogP contribution in [0.3, 0.4) is 0 Å². The van der Waals surface area contributed by atoms with E-state index in [0.29, 0.717) is 6.61 Å². The molecule has 1 aliphatic rings. The van der Waals surface area contributed by atoms with E-state index in [-0.39, 0.29) is 6.04 Å². The van der Waals surface area contributed by atoms with Gasteiger partial charge in [-0.1, -0.05) is 42.5 Å². The Morgan fingerprint density at radius 2 is 1.62 bits per heavy atom. The number of hydrogen-bond donors (Lipinski definition) is 1. The Balaban J connectivity index is 2.18. The first-order valence-corrected chi connectivity index (χ1v) is 5.41. The molecule has 0 spiro atoms. The first kappa shape index (κ1) is 9.43. The molecule has 3 rings (SSSR count). The van der Waals surface area contributed by atoms with E-state index >= 15 is 0 Å². The van der Waals surface area contributed by atoms with Gasteiger partial charge in [0.25, 0.3) is 0 Å². The average molecular weight is 211 g/mol. The van der Waals surface area contributed by atoms with E-state index in [4.69, 9.17) is 10.5 Å². The van der Waals surface area contributed by atoms with Crippen LogP contribution in [0.25, 0.3) is 0 Å². The van der Waals surface area contributed by atoms with Crippen LogP contribution >= 0.6 is 0 Å². The zero-order valence-electron chi connectivity index (χ0n) is 8.89. The molecule has 0 bridgehead atoms. The topological polar surface area (TPSA) is 35.2 Å². The highest BCUT2D eigenvalue weighted by atomic mass is 16.5. The number of ether oxygens (including phenoxy) is 1. The Hall–Kier alpha value is -1.80. The predicted octanol–water partition coefficient (Wildman–Crippen LogP) is 2.63. The molecular weight excluding hydrogens is 198 g/mol. The van der Waals surface area contributed by atoms with Crippen LogP contribution < -0.4 is 10.5 Å². The van der Waals surface area contributed by atoms with Crippen molar-refractivity contribution >= 4 is 0 Å². The molecule has 0 aliphatic carbocycles. The van der Waals surface area contributed by atoms with Crippen molar-refractivity contribution in [1.82, 2.24) is 0 Å². The van der Waals surface area contributed by atoms with Gasteiger partial charge in [0.1, 0.15) is 12.4 Å². The lowest BCUT2D eigenvalue weighted by molar-refractivity contribution is 0.307. The molecule has 2 aromatic rings. The molecule has 1 heterocycles. The van der Waals surface area contributed by atoms with Crippen molar-refractivity contribution in [3.8, 4) is 5.75 Å². The highest BCUT2D eigenvalue weighted by Gasteiger charge is 2.20. The maximum Gasteiger partial charge on any atom is 0.124 e. The summed E-state index contributed by atoms with van der Waals surface area (Å²) < 4.78 is 5.77. The van der Waals surface area contributed by atoms with Crippen molar-refractivity contribution in [2.45, 2.75) is 12.6 Å². The zero-order chi connectivity index (χ0) is 11.0. The van der Waals surface area contributed by atoms with Gasteiger partial charge in [-0.3, -0.25) is 0 Å². The number of hydrogen-bond acceptors (Lipinski definition) is 2. The second-order valence-electron chi connectivity index (χ2n) is 4.00. The average Bonchev–Trinajstić information content (AvgIpc) is 2.49. The summed E-state index contributed by atoms with van der Waals surface area (Å²) in [6, 6.07) is 16.1. The van der Waals surface area contributed by atoms with Crippen LogP contribution in [0, 0.1) is 0 Å². The Bertz CT molecular complexity index is 474. The van der Waals surface area contributed by atoms with Crippen LogP contribution in [0.5, 0.6) is 5.75 Å². The Kier molecular flexibility index (Phi) is 2.15. The molecule has 2 aromatic carbocycles. The number of para-hydroxylation sites is 1. The van der Waals surface area contributed by atoms with Crippen molar-refractivity contribution in [2.75, 3.05) is 0 Å². The van der Waals surface area contributed by atoms with Gasteiger partial charge in [0.2, 0.25) is 0 Å². The van der Waals surface area contributed by atoms with Crippen LogP contribution in [0.2, 0.25) is 0 Å². The van der Waals surface area contributed by atoms with Crippen molar-refractivity contribution in [3.05, 3.63) is 65.2 Å². The second kappa shape index (κ2) is 3.65. The SMILES string of the molecule is N[C@@H]1c2ccccc2COc2ccccc21. The quantitative estimate of drug-likeness (QED) is 0.727. The highest BCUT2D eigenvalue weighted by Crippen LogP contribution is 2.33. The molecule has 0 fully saturated rings. The third-order valence-corrected chi connectivity index (χ3v) is 3.03. The number of benzene rings is 2. The van der Waals surface area contributed by atoms with E-state index in [1.165, 1.54) is 5.56 Å². The van der Waals surface area contributed by atoms with E-state index in [9.17, 15) is 0 Å². The fourth-order valence-corrected chi connectivity index (χ4v) is 2.16. The Morgan fingerprint density at radius 1 is 0.938 bits per heavy atom. The summed E-state index contributed by atoms with van der Waals surface area (Å²) in [6.45, 7) is 0.598. The summed E-state index contributed by atoms with van der Waals surface area (Å²) in [7, 11) is 0. The highest BCUT2D eigenvalue weighted by molar-refractivity contribution is 5.45. The van der Waals surface area contributed by atoms with E-state index in [0.717, 1.165) is 16.9 Å². The monoisotopic (exact) mass is 211 g/mol. The van der Waals surface area contributed by atoms with E-state index in [1.54, 1.807) is 0 Å². The van der Waals surface area contributed by atoms with Gasteiger partial charge < -0.3 is 10.5 Å². The van der Waals surface area contributed by atoms with Gasteiger partial charge in [-0.15, -0.1) is 0 Å². The standard InChI is InChI=1S/C14H13NO/c15-14-11-6-2-1-5-10(11)9-16-13-8-4-3-7-12(13)14/h1-8,14H,9,15H2/t14-/m1/s1. The van der Waals surface area contributed by atoms with Gasteiger partial charge in [-0.25, -0.2) is 0 Å². The molecule has 0 saturated carbocycles. The molecular formula is C14H13NO. The largest absolute Gasteiger partial charge is 0.489 e. The maximum atomic E-state index is 6.28. The second-order valence-corrected chi connectivity index (χ2v) is 4.00. The van der Waals surface area contributed by atoms with Gasteiger partial charge in [0.05, 0.1) is 6.04 Å². The smallest absolute Gasteiger partial charge is 0.124 e. The molecule has 0 saturated heterocycles. The van der Waals surface area contributed by atoms with Gasteiger partial charge in [-0.05, 0) is 17.2 Å². The fraction of sp³-hybridized carbons (Fsp3) is 0.143. The van der Waals surface area contributed by atoms with Crippen LogP contribution in [-0.4, -0.2) is 0 Å². The van der Waals surface area contributed by atoms with E-state index in [2.05, 4.69) is 12.1 Å². The van der Waals surface area contributed by atoms with E-state index in [1.807, 2.05) is 36.4 Å². The molecule has 2 N–H and O–H groups in total. The third-order valence-electron chi connectivity index (χ3n) is 3.03. The Labute approximate surface area is 94.7 Å². The fourth-order valence-electron chi connectivity index (χ4n) is 2.16. The van der Waals surface area contributed by atoms with Crippen LogP contribution in [-0.2, 0) is 6.61 Å². The van der Waals surface area contributed by atoms with Crippen molar-refractivity contribution in [2.24, 2.45) is 5.73 Å². The van der Waals surface area contributed by atoms with Crippen molar-refractivity contribution < 1.29 is 4.74 Å². The van der Waals surface area contributed by atoms with Crippen LogP contribution in [0.15, 0.2) is 48.5 Å². The normalized spacial score (nSPS) is 17.9. The first-order valence-electron chi connectivity index (χ1n) is 5.41. The summed E-state index contributed by atoms with van der Waals surface area (Å²) >= 11 is 0. The summed E-state index contributed by atoms with van der Waals surface area (Å²) in [6.07, 6.45) is 0. The molecule has 2 heteroatoms. The molecule has 1 atom stereocenters. The summed E-state index contributed by atoms with van der Waals surface area (Å²) in [5.74, 6) is 0.895. The number of nitrogens with two attached hydrogens (primary N) is 1. The lowest BCUT2D eigenvalue weighted by atomic mass is 9.96. The molecule has 80 valence electrons. The number of rotatable bonds is 0. The zero-order valence-corrected chi connectivity index (χ0v) is 8.89. The summed E-state index contributed by atoms with van der Waals surface area (Å²) in [5, 5.41) is 0. The lowest BCUT2D eigenvalue weighted by Gasteiger charge is -2.13. The maximum absolute atomic E-state index is 6.28. The summed E-state index contributed by atoms with van der Waals surface area (Å²) in [5.41, 5.74) is 9.67. The van der Waals surface area contributed by atoms with Gasteiger partial charge in [0.15, 0.2) is 0 Å². The molecule has 1 aliphatic heterocycles.